The summed E-state index contributed by atoms with van der Waals surface area (Å²) >= 11 is 3.30. The summed E-state index contributed by atoms with van der Waals surface area (Å²) in [5.74, 6) is 0. The molecular weight excluding hydrogens is 294 g/mol. The van der Waals surface area contributed by atoms with Crippen molar-refractivity contribution in [3.05, 3.63) is 34.8 Å². The summed E-state index contributed by atoms with van der Waals surface area (Å²) < 4.78 is 2.69. The number of pyridine rings is 1. The van der Waals surface area contributed by atoms with Gasteiger partial charge in [-0.15, -0.1) is 5.10 Å². The molecule has 0 aliphatic carbocycles. The summed E-state index contributed by atoms with van der Waals surface area (Å²) in [6.07, 6.45) is 3.73. The van der Waals surface area contributed by atoms with E-state index in [1.165, 1.54) is 0 Å². The first-order chi connectivity index (χ1) is 8.45. The second-order valence-electron chi connectivity index (χ2n) is 5.05. The van der Waals surface area contributed by atoms with Gasteiger partial charge in [0.15, 0.2) is 0 Å². The van der Waals surface area contributed by atoms with Crippen molar-refractivity contribution in [2.24, 2.45) is 0 Å². The molecule has 5 nitrogen and oxygen atoms in total. The van der Waals surface area contributed by atoms with Gasteiger partial charge in [-0.3, -0.25) is 0 Å². The van der Waals surface area contributed by atoms with Crippen molar-refractivity contribution in [2.45, 2.75) is 32.9 Å². The number of nitrogens with zero attached hydrogens (tertiary/aromatic N) is 4. The Morgan fingerprint density at radius 3 is 2.67 bits per heavy atom. The van der Waals surface area contributed by atoms with Crippen LogP contribution in [0.15, 0.2) is 29.1 Å². The van der Waals surface area contributed by atoms with E-state index in [4.69, 9.17) is 0 Å². The van der Waals surface area contributed by atoms with Crippen LogP contribution in [0.3, 0.4) is 0 Å². The van der Waals surface area contributed by atoms with E-state index in [1.54, 1.807) is 6.20 Å². The minimum Gasteiger partial charge on any atom is -0.378 e. The van der Waals surface area contributed by atoms with Crippen molar-refractivity contribution in [3.63, 3.8) is 0 Å². The summed E-state index contributed by atoms with van der Waals surface area (Å²) in [7, 11) is 0. The smallest absolute Gasteiger partial charge is 0.106 e. The maximum Gasteiger partial charge on any atom is 0.106 e. The first-order valence-electron chi connectivity index (χ1n) is 5.72. The zero-order valence-corrected chi connectivity index (χ0v) is 12.3. The van der Waals surface area contributed by atoms with Gasteiger partial charge in [-0.2, -0.15) is 0 Å². The molecular formula is C12H16BrN5. The third-order valence-electron chi connectivity index (χ3n) is 2.43. The van der Waals surface area contributed by atoms with Gasteiger partial charge < -0.3 is 5.32 Å². The Balaban J connectivity index is 1.98. The van der Waals surface area contributed by atoms with Crippen LogP contribution in [0.4, 0.5) is 5.69 Å². The number of hydrogen-bond acceptors (Lipinski definition) is 4. The lowest BCUT2D eigenvalue weighted by atomic mass is 10.1. The van der Waals surface area contributed by atoms with E-state index in [1.807, 2.05) is 23.0 Å². The highest BCUT2D eigenvalue weighted by atomic mass is 79.9. The predicted octanol–water partition coefficient (Wildman–Crippen LogP) is 2.80. The average Bonchev–Trinajstić information content (AvgIpc) is 2.77. The number of rotatable bonds is 3. The predicted molar refractivity (Wildman–Crippen MR) is 74.3 cm³/mol. The van der Waals surface area contributed by atoms with Gasteiger partial charge in [-0.05, 0) is 48.8 Å². The van der Waals surface area contributed by atoms with Crippen molar-refractivity contribution < 1.29 is 0 Å². The van der Waals surface area contributed by atoms with Crippen LogP contribution in [0.2, 0.25) is 0 Å². The number of aromatic nitrogens is 4. The maximum absolute atomic E-state index is 4.15. The summed E-state index contributed by atoms with van der Waals surface area (Å²) in [6, 6.07) is 3.86. The Labute approximate surface area is 115 Å². The third kappa shape index (κ3) is 3.29. The van der Waals surface area contributed by atoms with E-state index in [0.717, 1.165) is 16.0 Å². The summed E-state index contributed by atoms with van der Waals surface area (Å²) in [6.45, 7) is 6.92. The highest BCUT2D eigenvalue weighted by molar-refractivity contribution is 9.10. The summed E-state index contributed by atoms with van der Waals surface area (Å²) in [5.41, 5.74) is 1.83. The average molecular weight is 310 g/mol. The molecule has 0 aliphatic heterocycles. The molecule has 6 heteroatoms. The lowest BCUT2D eigenvalue weighted by Crippen LogP contribution is -2.22. The Bertz CT molecular complexity index is 512. The minimum absolute atomic E-state index is 0.0373. The fraction of sp³-hybridized carbons (Fsp3) is 0.417. The molecule has 18 heavy (non-hydrogen) atoms. The molecule has 0 spiro atoms. The lowest BCUT2D eigenvalue weighted by Gasteiger charge is -2.17. The molecule has 2 rings (SSSR count). The largest absolute Gasteiger partial charge is 0.378 e. The number of hydrogen-bond donors (Lipinski definition) is 1. The Morgan fingerprint density at radius 1 is 1.33 bits per heavy atom. The molecule has 0 radical (unpaired) electrons. The molecule has 0 saturated carbocycles. The van der Waals surface area contributed by atoms with Crippen molar-refractivity contribution in [1.82, 2.24) is 20.0 Å². The fourth-order valence-electron chi connectivity index (χ4n) is 1.38. The third-order valence-corrected chi connectivity index (χ3v) is 2.90. The van der Waals surface area contributed by atoms with Crippen LogP contribution in [0.1, 0.15) is 26.5 Å². The zero-order valence-electron chi connectivity index (χ0n) is 10.7. The van der Waals surface area contributed by atoms with Crippen molar-refractivity contribution >= 4 is 21.6 Å². The second kappa shape index (κ2) is 5.06. The van der Waals surface area contributed by atoms with Gasteiger partial charge >= 0.3 is 0 Å². The van der Waals surface area contributed by atoms with Crippen molar-refractivity contribution in [3.8, 4) is 0 Å². The lowest BCUT2D eigenvalue weighted by molar-refractivity contribution is 0.347. The maximum atomic E-state index is 4.15. The van der Waals surface area contributed by atoms with E-state index in [2.05, 4.69) is 57.3 Å². The van der Waals surface area contributed by atoms with Gasteiger partial charge in [0, 0.05) is 0 Å². The topological polar surface area (TPSA) is 55.6 Å². The molecule has 0 unspecified atom stereocenters. The molecule has 0 aliphatic rings. The van der Waals surface area contributed by atoms with E-state index in [9.17, 15) is 0 Å². The normalized spacial score (nSPS) is 11.6. The molecule has 0 atom stereocenters. The molecule has 0 amide bonds. The zero-order chi connectivity index (χ0) is 13.2. The van der Waals surface area contributed by atoms with Gasteiger partial charge in [0.25, 0.3) is 0 Å². The molecule has 0 aromatic carbocycles. The van der Waals surface area contributed by atoms with Gasteiger partial charge in [0.2, 0.25) is 0 Å². The molecule has 2 aromatic rings. The molecule has 1 N–H and O–H groups in total. The molecule has 2 aromatic heterocycles. The Hall–Kier alpha value is -1.43. The standard InChI is InChI=1S/C12H16BrN5/c1-12(2,3)18-8-10(16-17-18)7-14-9-4-5-11(13)15-6-9/h4-6,8,14H,7H2,1-3H3. The van der Waals surface area contributed by atoms with Crippen LogP contribution >= 0.6 is 15.9 Å². The second-order valence-corrected chi connectivity index (χ2v) is 5.86. The van der Waals surface area contributed by atoms with E-state index in [-0.39, 0.29) is 5.54 Å². The SMILES string of the molecule is CC(C)(C)n1cc(CNc2ccc(Br)nc2)nn1. The van der Waals surface area contributed by atoms with Gasteiger partial charge in [0.05, 0.1) is 30.2 Å². The molecule has 2 heterocycles. The van der Waals surface area contributed by atoms with Crippen LogP contribution in [0, 0.1) is 0 Å². The van der Waals surface area contributed by atoms with Gasteiger partial charge in [-0.1, -0.05) is 5.21 Å². The van der Waals surface area contributed by atoms with Crippen LogP contribution in [0.25, 0.3) is 0 Å². The van der Waals surface area contributed by atoms with E-state index in [0.29, 0.717) is 6.54 Å². The molecule has 0 saturated heterocycles. The summed E-state index contributed by atoms with van der Waals surface area (Å²) in [4.78, 5) is 4.15. The number of nitrogens with one attached hydrogen (secondary N) is 1. The molecule has 0 fully saturated rings. The number of halogens is 1. The highest BCUT2D eigenvalue weighted by Gasteiger charge is 2.14. The van der Waals surface area contributed by atoms with Crippen molar-refractivity contribution in [1.29, 1.82) is 0 Å². The Kier molecular flexibility index (Phi) is 3.65. The number of anilines is 1. The van der Waals surface area contributed by atoms with Crippen LogP contribution in [0.5, 0.6) is 0 Å². The van der Waals surface area contributed by atoms with Gasteiger partial charge in [0.1, 0.15) is 10.3 Å². The van der Waals surface area contributed by atoms with Crippen LogP contribution < -0.4 is 5.32 Å². The quantitative estimate of drug-likeness (QED) is 0.886. The highest BCUT2D eigenvalue weighted by Crippen LogP contribution is 2.13. The first kappa shape index (κ1) is 13.0. The fourth-order valence-corrected chi connectivity index (χ4v) is 1.61. The van der Waals surface area contributed by atoms with Crippen LogP contribution in [-0.2, 0) is 12.1 Å². The van der Waals surface area contributed by atoms with Crippen LogP contribution in [-0.4, -0.2) is 20.0 Å². The van der Waals surface area contributed by atoms with Crippen molar-refractivity contribution in [2.75, 3.05) is 5.32 Å². The van der Waals surface area contributed by atoms with E-state index < -0.39 is 0 Å². The molecule has 96 valence electrons. The molecule has 0 bridgehead atoms. The minimum atomic E-state index is -0.0373. The summed E-state index contributed by atoms with van der Waals surface area (Å²) in [5, 5.41) is 11.5. The Morgan fingerprint density at radius 2 is 2.11 bits per heavy atom. The van der Waals surface area contributed by atoms with E-state index >= 15 is 0 Å². The van der Waals surface area contributed by atoms with Gasteiger partial charge in [-0.25, -0.2) is 9.67 Å². The first-order valence-corrected chi connectivity index (χ1v) is 6.51. The monoisotopic (exact) mass is 309 g/mol.